The minimum atomic E-state index is 0.727. The van der Waals surface area contributed by atoms with Crippen LogP contribution in [-0.2, 0) is 0 Å². The maximum absolute atomic E-state index is 8.38. The Hall–Kier alpha value is -0.730. The average Bonchev–Trinajstić information content (AvgIpc) is 2.46. The molecule has 1 aliphatic rings. The fourth-order valence-electron chi connectivity index (χ4n) is 2.28. The zero-order chi connectivity index (χ0) is 13.5. The molecule has 0 radical (unpaired) electrons. The molecule has 1 heterocycles. The topological polar surface area (TPSA) is 30.3 Å². The molecule has 0 saturated carbocycles. The van der Waals surface area contributed by atoms with Crippen molar-refractivity contribution in [1.29, 1.82) is 5.41 Å². The van der Waals surface area contributed by atoms with Crippen molar-refractivity contribution in [1.82, 2.24) is 9.80 Å². The smallest absolute Gasteiger partial charge is 0.193 e. The van der Waals surface area contributed by atoms with Crippen molar-refractivity contribution in [3.63, 3.8) is 0 Å². The number of hydrogen-bond donors (Lipinski definition) is 1. The molecule has 0 aromatic heterocycles. The van der Waals surface area contributed by atoms with Gasteiger partial charge in [-0.2, -0.15) is 0 Å². The first-order chi connectivity index (χ1) is 8.50. The van der Waals surface area contributed by atoms with E-state index in [2.05, 4.69) is 37.5 Å². The molecule has 3 nitrogen and oxygen atoms in total. The number of nitrogens with zero attached hydrogens (tertiary/aromatic N) is 2. The van der Waals surface area contributed by atoms with Gasteiger partial charge in [0.1, 0.15) is 0 Å². The Morgan fingerprint density at radius 1 is 0.889 bits per heavy atom. The van der Waals surface area contributed by atoms with E-state index in [1.807, 2.05) is 0 Å². The van der Waals surface area contributed by atoms with Crippen molar-refractivity contribution in [2.45, 2.75) is 53.4 Å². The van der Waals surface area contributed by atoms with Gasteiger partial charge in [0.05, 0.1) is 0 Å². The van der Waals surface area contributed by atoms with Crippen LogP contribution < -0.4 is 0 Å². The van der Waals surface area contributed by atoms with Crippen LogP contribution in [-0.4, -0.2) is 41.9 Å². The second-order valence-corrected chi connectivity index (χ2v) is 6.37. The summed E-state index contributed by atoms with van der Waals surface area (Å²) in [5.74, 6) is 2.23. The zero-order valence-corrected chi connectivity index (χ0v) is 12.7. The molecule has 1 saturated heterocycles. The third kappa shape index (κ3) is 5.28. The SMILES string of the molecule is CC(C)CCN1CCCCN(CCC(C)C)C1=N. The Balaban J connectivity index is 2.49. The first-order valence-electron chi connectivity index (χ1n) is 7.59. The molecular formula is C15H31N3. The fourth-order valence-corrected chi connectivity index (χ4v) is 2.28. The maximum Gasteiger partial charge on any atom is 0.193 e. The van der Waals surface area contributed by atoms with Crippen LogP contribution in [0, 0.1) is 17.2 Å². The highest BCUT2D eigenvalue weighted by molar-refractivity contribution is 5.77. The minimum absolute atomic E-state index is 0.727. The van der Waals surface area contributed by atoms with E-state index in [1.54, 1.807) is 0 Å². The third-order valence-corrected chi connectivity index (χ3v) is 3.66. The number of nitrogens with one attached hydrogen (secondary N) is 1. The van der Waals surface area contributed by atoms with Crippen molar-refractivity contribution in [3.05, 3.63) is 0 Å². The van der Waals surface area contributed by atoms with Gasteiger partial charge >= 0.3 is 0 Å². The molecule has 106 valence electrons. The number of guanidine groups is 1. The van der Waals surface area contributed by atoms with Crippen LogP contribution in [0.1, 0.15) is 53.4 Å². The predicted octanol–water partition coefficient (Wildman–Crippen LogP) is 3.41. The Bertz CT molecular complexity index is 224. The fraction of sp³-hybridized carbons (Fsp3) is 0.933. The molecule has 0 atom stereocenters. The average molecular weight is 253 g/mol. The first kappa shape index (κ1) is 15.3. The Kier molecular flexibility index (Phi) is 6.51. The monoisotopic (exact) mass is 253 g/mol. The van der Waals surface area contributed by atoms with Crippen LogP contribution in [0.2, 0.25) is 0 Å². The third-order valence-electron chi connectivity index (χ3n) is 3.66. The van der Waals surface area contributed by atoms with E-state index in [-0.39, 0.29) is 0 Å². The van der Waals surface area contributed by atoms with Crippen LogP contribution in [0.4, 0.5) is 0 Å². The van der Waals surface area contributed by atoms with Gasteiger partial charge in [-0.1, -0.05) is 27.7 Å². The standard InChI is InChI=1S/C15H31N3/c1-13(2)7-11-17-9-5-6-10-18(15(17)16)12-8-14(3)4/h13-14,16H,5-12H2,1-4H3. The summed E-state index contributed by atoms with van der Waals surface area (Å²) in [4.78, 5) is 4.57. The molecule has 0 aromatic carbocycles. The molecule has 1 rings (SSSR count). The maximum atomic E-state index is 8.38. The zero-order valence-electron chi connectivity index (χ0n) is 12.7. The molecule has 18 heavy (non-hydrogen) atoms. The second kappa shape index (κ2) is 7.65. The van der Waals surface area contributed by atoms with E-state index in [0.717, 1.165) is 44.0 Å². The van der Waals surface area contributed by atoms with Crippen LogP contribution in [0.3, 0.4) is 0 Å². The number of hydrogen-bond acceptors (Lipinski definition) is 1. The van der Waals surface area contributed by atoms with Crippen LogP contribution >= 0.6 is 0 Å². The van der Waals surface area contributed by atoms with Gasteiger partial charge in [-0.3, -0.25) is 5.41 Å². The summed E-state index contributed by atoms with van der Waals surface area (Å²) in [5, 5.41) is 8.38. The predicted molar refractivity (Wildman–Crippen MR) is 79.0 cm³/mol. The van der Waals surface area contributed by atoms with E-state index in [4.69, 9.17) is 5.41 Å². The van der Waals surface area contributed by atoms with Gasteiger partial charge in [-0.15, -0.1) is 0 Å². The lowest BCUT2D eigenvalue weighted by molar-refractivity contribution is 0.319. The molecule has 1 fully saturated rings. The largest absolute Gasteiger partial charge is 0.343 e. The summed E-state index contributed by atoms with van der Waals surface area (Å²) >= 11 is 0. The minimum Gasteiger partial charge on any atom is -0.343 e. The molecule has 0 unspecified atom stereocenters. The molecule has 0 spiro atoms. The summed E-state index contributed by atoms with van der Waals surface area (Å²) in [6.45, 7) is 13.3. The van der Waals surface area contributed by atoms with Gasteiger partial charge in [0.2, 0.25) is 0 Å². The molecular weight excluding hydrogens is 222 g/mol. The molecule has 0 bridgehead atoms. The molecule has 0 aromatic rings. The van der Waals surface area contributed by atoms with Gasteiger partial charge in [0.25, 0.3) is 0 Å². The Morgan fingerprint density at radius 2 is 1.28 bits per heavy atom. The lowest BCUT2D eigenvalue weighted by Crippen LogP contribution is -2.43. The lowest BCUT2D eigenvalue weighted by atomic mass is 10.1. The summed E-state index contributed by atoms with van der Waals surface area (Å²) in [6, 6.07) is 0. The quantitative estimate of drug-likeness (QED) is 0.786. The van der Waals surface area contributed by atoms with Gasteiger partial charge < -0.3 is 9.80 Å². The second-order valence-electron chi connectivity index (χ2n) is 6.37. The van der Waals surface area contributed by atoms with E-state index < -0.39 is 0 Å². The molecule has 1 N–H and O–H groups in total. The summed E-state index contributed by atoms with van der Waals surface area (Å²) in [5.41, 5.74) is 0. The Labute approximate surface area is 113 Å². The molecule has 0 aliphatic carbocycles. The van der Waals surface area contributed by atoms with Crippen LogP contribution in [0.15, 0.2) is 0 Å². The van der Waals surface area contributed by atoms with Crippen molar-refractivity contribution in [2.24, 2.45) is 11.8 Å². The van der Waals surface area contributed by atoms with Crippen molar-refractivity contribution >= 4 is 5.96 Å². The van der Waals surface area contributed by atoms with Crippen LogP contribution in [0.25, 0.3) is 0 Å². The summed E-state index contributed by atoms with van der Waals surface area (Å²) in [6.07, 6.45) is 4.86. The van der Waals surface area contributed by atoms with Gasteiger partial charge in [-0.25, -0.2) is 0 Å². The summed E-state index contributed by atoms with van der Waals surface area (Å²) < 4.78 is 0. The highest BCUT2D eigenvalue weighted by atomic mass is 15.4. The van der Waals surface area contributed by atoms with Gasteiger partial charge in [0.15, 0.2) is 5.96 Å². The van der Waals surface area contributed by atoms with E-state index >= 15 is 0 Å². The number of rotatable bonds is 6. The van der Waals surface area contributed by atoms with Crippen LogP contribution in [0.5, 0.6) is 0 Å². The van der Waals surface area contributed by atoms with Crippen molar-refractivity contribution in [2.75, 3.05) is 26.2 Å². The van der Waals surface area contributed by atoms with Gasteiger partial charge in [0, 0.05) is 26.2 Å². The van der Waals surface area contributed by atoms with E-state index in [0.29, 0.717) is 0 Å². The molecule has 0 amide bonds. The lowest BCUT2D eigenvalue weighted by Gasteiger charge is -2.31. The van der Waals surface area contributed by atoms with E-state index in [9.17, 15) is 0 Å². The first-order valence-corrected chi connectivity index (χ1v) is 7.59. The molecule has 1 aliphatic heterocycles. The van der Waals surface area contributed by atoms with E-state index in [1.165, 1.54) is 25.7 Å². The van der Waals surface area contributed by atoms with Gasteiger partial charge in [-0.05, 0) is 37.5 Å². The normalized spacial score (nSPS) is 17.8. The Morgan fingerprint density at radius 3 is 1.61 bits per heavy atom. The highest BCUT2D eigenvalue weighted by Crippen LogP contribution is 2.13. The summed E-state index contributed by atoms with van der Waals surface area (Å²) in [7, 11) is 0. The van der Waals surface area contributed by atoms with Crippen molar-refractivity contribution < 1.29 is 0 Å². The molecule has 3 heteroatoms. The van der Waals surface area contributed by atoms with Crippen molar-refractivity contribution in [3.8, 4) is 0 Å². The highest BCUT2D eigenvalue weighted by Gasteiger charge is 2.20.